The van der Waals surface area contributed by atoms with Crippen molar-refractivity contribution in [2.75, 3.05) is 0 Å². The summed E-state index contributed by atoms with van der Waals surface area (Å²) in [6, 6.07) is 18.4. The lowest BCUT2D eigenvalue weighted by atomic mass is 9.81. The topological polar surface area (TPSA) is 55.8 Å². The number of rotatable bonds is 2. The van der Waals surface area contributed by atoms with Crippen LogP contribution in [-0.2, 0) is 15.1 Å². The molecule has 0 aliphatic carbocycles. The Kier molecular flexibility index (Phi) is 4.48. The molecule has 0 N–H and O–H groups in total. The van der Waals surface area contributed by atoms with Crippen molar-refractivity contribution in [1.82, 2.24) is 4.90 Å². The SMILES string of the molecule is C[C@@H]1N(C(=O)OC(C)(C)C)C(=O)OC1(c1ccccc1)c1ccccc1. The molecular formula is C21H23NO4. The van der Waals surface area contributed by atoms with Crippen molar-refractivity contribution in [3.8, 4) is 0 Å². The molecule has 1 heterocycles. The predicted octanol–water partition coefficient (Wildman–Crippen LogP) is 4.71. The first-order chi connectivity index (χ1) is 12.3. The monoisotopic (exact) mass is 353 g/mol. The number of ether oxygens (including phenoxy) is 2. The Morgan fingerprint density at radius 3 is 1.88 bits per heavy atom. The van der Waals surface area contributed by atoms with Crippen LogP contribution in [-0.4, -0.2) is 28.7 Å². The molecule has 0 bridgehead atoms. The number of amides is 2. The van der Waals surface area contributed by atoms with E-state index in [0.717, 1.165) is 16.0 Å². The van der Waals surface area contributed by atoms with E-state index in [1.165, 1.54) is 0 Å². The zero-order valence-electron chi connectivity index (χ0n) is 15.4. The Morgan fingerprint density at radius 2 is 1.46 bits per heavy atom. The van der Waals surface area contributed by atoms with Crippen molar-refractivity contribution >= 4 is 12.2 Å². The summed E-state index contributed by atoms with van der Waals surface area (Å²) in [5, 5.41) is 0. The average Bonchev–Trinajstić information content (AvgIpc) is 2.86. The highest BCUT2D eigenvalue weighted by Crippen LogP contribution is 2.44. The first-order valence-electron chi connectivity index (χ1n) is 8.62. The van der Waals surface area contributed by atoms with Crippen LogP contribution in [0.25, 0.3) is 0 Å². The van der Waals surface area contributed by atoms with Crippen LogP contribution in [0.5, 0.6) is 0 Å². The fraction of sp³-hybridized carbons (Fsp3) is 0.333. The molecule has 0 aromatic heterocycles. The summed E-state index contributed by atoms with van der Waals surface area (Å²) in [7, 11) is 0. The number of cyclic esters (lactones) is 1. The first kappa shape index (κ1) is 18.0. The number of imide groups is 1. The molecule has 0 radical (unpaired) electrons. The highest BCUT2D eigenvalue weighted by atomic mass is 16.6. The normalized spacial score (nSPS) is 19.2. The third-order valence-corrected chi connectivity index (χ3v) is 4.42. The summed E-state index contributed by atoms with van der Waals surface area (Å²) in [6.45, 7) is 7.09. The molecule has 26 heavy (non-hydrogen) atoms. The quantitative estimate of drug-likeness (QED) is 0.785. The van der Waals surface area contributed by atoms with Crippen molar-refractivity contribution in [1.29, 1.82) is 0 Å². The Balaban J connectivity index is 2.09. The largest absolute Gasteiger partial charge is 0.443 e. The third kappa shape index (κ3) is 3.05. The van der Waals surface area contributed by atoms with Gasteiger partial charge in [0.25, 0.3) is 0 Å². The molecule has 2 aromatic carbocycles. The molecule has 5 heteroatoms. The molecule has 1 fully saturated rings. The molecule has 1 atom stereocenters. The lowest BCUT2D eigenvalue weighted by Crippen LogP contribution is -2.46. The first-order valence-corrected chi connectivity index (χ1v) is 8.62. The second kappa shape index (κ2) is 6.48. The van der Waals surface area contributed by atoms with Gasteiger partial charge in [-0.3, -0.25) is 0 Å². The van der Waals surface area contributed by atoms with E-state index in [2.05, 4.69) is 0 Å². The standard InChI is InChI=1S/C21H23NO4/c1-15-21(16-11-7-5-8-12-16,17-13-9-6-10-14-17)26-19(24)22(15)18(23)25-20(2,3)4/h5-15H,1-4H3/t15-/m0/s1. The Hall–Kier alpha value is -2.82. The average molecular weight is 353 g/mol. The molecule has 0 unspecified atom stereocenters. The summed E-state index contributed by atoms with van der Waals surface area (Å²) in [5.41, 5.74) is -0.186. The zero-order valence-corrected chi connectivity index (χ0v) is 15.4. The maximum absolute atomic E-state index is 12.7. The fourth-order valence-corrected chi connectivity index (χ4v) is 3.29. The van der Waals surface area contributed by atoms with Crippen LogP contribution < -0.4 is 0 Å². The van der Waals surface area contributed by atoms with Crippen molar-refractivity contribution in [3.63, 3.8) is 0 Å². The minimum Gasteiger partial charge on any atom is -0.443 e. The van der Waals surface area contributed by atoms with Gasteiger partial charge < -0.3 is 9.47 Å². The van der Waals surface area contributed by atoms with Gasteiger partial charge in [-0.25, -0.2) is 14.5 Å². The van der Waals surface area contributed by atoms with Crippen LogP contribution in [0.15, 0.2) is 60.7 Å². The second-order valence-electron chi connectivity index (χ2n) is 7.36. The van der Waals surface area contributed by atoms with E-state index in [-0.39, 0.29) is 0 Å². The molecule has 1 aliphatic rings. The van der Waals surface area contributed by atoms with Crippen LogP contribution in [0.3, 0.4) is 0 Å². The zero-order chi connectivity index (χ0) is 18.9. The van der Waals surface area contributed by atoms with Gasteiger partial charge in [0.05, 0.1) is 6.04 Å². The van der Waals surface area contributed by atoms with E-state index in [4.69, 9.17) is 9.47 Å². The summed E-state index contributed by atoms with van der Waals surface area (Å²) in [5.74, 6) is 0. The number of nitrogens with zero attached hydrogens (tertiary/aromatic N) is 1. The van der Waals surface area contributed by atoms with Gasteiger partial charge in [-0.05, 0) is 27.7 Å². The van der Waals surface area contributed by atoms with Gasteiger partial charge in [0, 0.05) is 11.1 Å². The molecule has 3 rings (SSSR count). The number of benzene rings is 2. The van der Waals surface area contributed by atoms with Gasteiger partial charge in [-0.1, -0.05) is 60.7 Å². The molecule has 0 saturated carbocycles. The van der Waals surface area contributed by atoms with Crippen LogP contribution >= 0.6 is 0 Å². The summed E-state index contributed by atoms with van der Waals surface area (Å²) < 4.78 is 11.3. The van der Waals surface area contributed by atoms with E-state index >= 15 is 0 Å². The summed E-state index contributed by atoms with van der Waals surface area (Å²) in [4.78, 5) is 26.4. The van der Waals surface area contributed by atoms with E-state index in [0.29, 0.717) is 0 Å². The molecular weight excluding hydrogens is 330 g/mol. The van der Waals surface area contributed by atoms with Crippen LogP contribution in [0.4, 0.5) is 9.59 Å². The maximum atomic E-state index is 12.7. The highest BCUT2D eigenvalue weighted by Gasteiger charge is 2.57. The van der Waals surface area contributed by atoms with Crippen LogP contribution in [0, 0.1) is 0 Å². The number of carbonyl (C=O) groups is 2. The maximum Gasteiger partial charge on any atom is 0.421 e. The van der Waals surface area contributed by atoms with Gasteiger partial charge in [0.1, 0.15) is 5.60 Å². The highest BCUT2D eigenvalue weighted by molar-refractivity contribution is 5.91. The molecule has 136 valence electrons. The van der Waals surface area contributed by atoms with Gasteiger partial charge in [0.2, 0.25) is 0 Å². The number of hydrogen-bond donors (Lipinski definition) is 0. The second-order valence-corrected chi connectivity index (χ2v) is 7.36. The van der Waals surface area contributed by atoms with Gasteiger partial charge in [-0.2, -0.15) is 0 Å². The van der Waals surface area contributed by atoms with E-state index < -0.39 is 29.4 Å². The van der Waals surface area contributed by atoms with E-state index in [9.17, 15) is 9.59 Å². The van der Waals surface area contributed by atoms with Crippen molar-refractivity contribution < 1.29 is 19.1 Å². The van der Waals surface area contributed by atoms with E-state index in [1.807, 2.05) is 60.7 Å². The molecule has 1 saturated heterocycles. The Labute approximate surface area is 153 Å². The lowest BCUT2D eigenvalue weighted by molar-refractivity contribution is 0.0281. The summed E-state index contributed by atoms with van der Waals surface area (Å²) in [6.07, 6.45) is -1.41. The minimum absolute atomic E-state index is 0.574. The smallest absolute Gasteiger partial charge is 0.421 e. The van der Waals surface area contributed by atoms with E-state index in [1.54, 1.807) is 27.7 Å². The van der Waals surface area contributed by atoms with Gasteiger partial charge >= 0.3 is 12.2 Å². The number of carbonyl (C=O) groups excluding carboxylic acids is 2. The molecule has 0 spiro atoms. The van der Waals surface area contributed by atoms with Crippen LogP contribution in [0.2, 0.25) is 0 Å². The third-order valence-electron chi connectivity index (χ3n) is 4.42. The van der Waals surface area contributed by atoms with Gasteiger partial charge in [-0.15, -0.1) is 0 Å². The van der Waals surface area contributed by atoms with Crippen molar-refractivity contribution in [3.05, 3.63) is 71.8 Å². The lowest BCUT2D eigenvalue weighted by Gasteiger charge is -2.33. The van der Waals surface area contributed by atoms with Gasteiger partial charge in [0.15, 0.2) is 5.60 Å². The fourth-order valence-electron chi connectivity index (χ4n) is 3.29. The molecule has 5 nitrogen and oxygen atoms in total. The predicted molar refractivity (Wildman–Crippen MR) is 97.7 cm³/mol. The minimum atomic E-state index is -1.09. The molecule has 2 amide bonds. The molecule has 2 aromatic rings. The Morgan fingerprint density at radius 1 is 1.00 bits per heavy atom. The van der Waals surface area contributed by atoms with Crippen molar-refractivity contribution in [2.24, 2.45) is 0 Å². The number of hydrogen-bond acceptors (Lipinski definition) is 4. The summed E-state index contributed by atoms with van der Waals surface area (Å²) >= 11 is 0. The van der Waals surface area contributed by atoms with Crippen molar-refractivity contribution in [2.45, 2.75) is 44.9 Å². The molecule has 1 aliphatic heterocycles. The van der Waals surface area contributed by atoms with Crippen LogP contribution in [0.1, 0.15) is 38.8 Å². The Bertz CT molecular complexity index is 756.